The quantitative estimate of drug-likeness (QED) is 0.837. The maximum atomic E-state index is 12.6. The fraction of sp³-hybridized carbons (Fsp3) is 0.286. The SMILES string of the molecule is O=C1c2ccccc2C(=O)N1C1(c2ncn[nH]2)CCC1. The fourth-order valence-electron chi connectivity index (χ4n) is 3.09. The largest absolute Gasteiger partial charge is 0.269 e. The van der Waals surface area contributed by atoms with Crippen LogP contribution in [0.3, 0.4) is 0 Å². The lowest BCUT2D eigenvalue weighted by atomic mass is 9.74. The van der Waals surface area contributed by atoms with Gasteiger partial charge < -0.3 is 0 Å². The highest BCUT2D eigenvalue weighted by atomic mass is 16.2. The fourth-order valence-corrected chi connectivity index (χ4v) is 3.09. The second kappa shape index (κ2) is 3.75. The molecule has 1 aliphatic carbocycles. The highest BCUT2D eigenvalue weighted by molar-refractivity contribution is 6.21. The van der Waals surface area contributed by atoms with Crippen LogP contribution in [0.5, 0.6) is 0 Å². The van der Waals surface area contributed by atoms with Gasteiger partial charge in [0.1, 0.15) is 11.9 Å². The van der Waals surface area contributed by atoms with Gasteiger partial charge >= 0.3 is 0 Å². The molecular weight excluding hydrogens is 256 g/mol. The second-order valence-corrected chi connectivity index (χ2v) is 5.21. The molecule has 2 heterocycles. The minimum Gasteiger partial charge on any atom is -0.269 e. The molecule has 100 valence electrons. The van der Waals surface area contributed by atoms with Gasteiger partial charge in [0, 0.05) is 0 Å². The minimum atomic E-state index is -0.649. The van der Waals surface area contributed by atoms with Gasteiger partial charge in [-0.05, 0) is 31.4 Å². The predicted molar refractivity (Wildman–Crippen MR) is 68.9 cm³/mol. The average molecular weight is 268 g/mol. The summed E-state index contributed by atoms with van der Waals surface area (Å²) in [6.07, 6.45) is 3.84. The number of carbonyl (C=O) groups excluding carboxylic acids is 2. The molecule has 0 saturated heterocycles. The zero-order valence-electron chi connectivity index (χ0n) is 10.7. The first-order valence-electron chi connectivity index (χ1n) is 6.58. The van der Waals surface area contributed by atoms with Crippen LogP contribution in [0.1, 0.15) is 45.8 Å². The Bertz CT molecular complexity index is 669. The lowest BCUT2D eigenvalue weighted by Gasteiger charge is -2.45. The van der Waals surface area contributed by atoms with E-state index in [1.807, 2.05) is 0 Å². The summed E-state index contributed by atoms with van der Waals surface area (Å²) in [5.41, 5.74) is 0.301. The number of fused-ring (bicyclic) bond motifs is 1. The Labute approximate surface area is 114 Å². The van der Waals surface area contributed by atoms with Crippen LogP contribution in [0.2, 0.25) is 0 Å². The molecule has 6 nitrogen and oxygen atoms in total. The van der Waals surface area contributed by atoms with E-state index >= 15 is 0 Å². The lowest BCUT2D eigenvalue weighted by Crippen LogP contribution is -2.54. The van der Waals surface area contributed by atoms with Crippen LogP contribution < -0.4 is 0 Å². The molecule has 2 aromatic rings. The lowest BCUT2D eigenvalue weighted by molar-refractivity contribution is 0.0144. The summed E-state index contributed by atoms with van der Waals surface area (Å²) in [5, 5.41) is 6.67. The molecule has 0 atom stereocenters. The summed E-state index contributed by atoms with van der Waals surface area (Å²) < 4.78 is 0. The van der Waals surface area contributed by atoms with E-state index in [2.05, 4.69) is 15.2 Å². The van der Waals surface area contributed by atoms with Crippen LogP contribution in [0.25, 0.3) is 0 Å². The highest BCUT2D eigenvalue weighted by Crippen LogP contribution is 2.48. The molecule has 0 unspecified atom stereocenters. The van der Waals surface area contributed by atoms with E-state index in [1.54, 1.807) is 24.3 Å². The first kappa shape index (κ1) is 11.3. The number of H-pyrrole nitrogens is 1. The predicted octanol–water partition coefficient (Wildman–Crippen LogP) is 1.48. The molecule has 1 N–H and O–H groups in total. The number of rotatable bonds is 2. The van der Waals surface area contributed by atoms with Crippen molar-refractivity contribution >= 4 is 11.8 Å². The van der Waals surface area contributed by atoms with Crippen LogP contribution in [0.15, 0.2) is 30.6 Å². The van der Waals surface area contributed by atoms with Crippen molar-refractivity contribution in [3.8, 4) is 0 Å². The van der Waals surface area contributed by atoms with Gasteiger partial charge in [0.15, 0.2) is 5.82 Å². The smallest absolute Gasteiger partial charge is 0.262 e. The van der Waals surface area contributed by atoms with Crippen molar-refractivity contribution in [2.45, 2.75) is 24.8 Å². The molecular formula is C14H12N4O2. The second-order valence-electron chi connectivity index (χ2n) is 5.21. The minimum absolute atomic E-state index is 0.235. The Morgan fingerprint density at radius 2 is 1.75 bits per heavy atom. The molecule has 1 aromatic heterocycles. The van der Waals surface area contributed by atoms with Gasteiger partial charge in [-0.2, -0.15) is 5.10 Å². The molecule has 1 aliphatic heterocycles. The number of hydrogen-bond acceptors (Lipinski definition) is 4. The summed E-state index contributed by atoms with van der Waals surface area (Å²) in [6.45, 7) is 0. The first-order valence-corrected chi connectivity index (χ1v) is 6.58. The Morgan fingerprint density at radius 1 is 1.10 bits per heavy atom. The Kier molecular flexibility index (Phi) is 2.13. The summed E-state index contributed by atoms with van der Waals surface area (Å²) in [6, 6.07) is 6.94. The van der Waals surface area contributed by atoms with E-state index in [4.69, 9.17) is 0 Å². The van der Waals surface area contributed by atoms with Crippen molar-refractivity contribution < 1.29 is 9.59 Å². The van der Waals surface area contributed by atoms with Crippen LogP contribution in [-0.2, 0) is 5.54 Å². The van der Waals surface area contributed by atoms with Gasteiger partial charge in [-0.25, -0.2) is 4.98 Å². The number of carbonyl (C=O) groups is 2. The maximum Gasteiger partial charge on any atom is 0.262 e. The number of hydrogen-bond donors (Lipinski definition) is 1. The van der Waals surface area contributed by atoms with Crippen molar-refractivity contribution in [3.05, 3.63) is 47.5 Å². The van der Waals surface area contributed by atoms with E-state index < -0.39 is 5.54 Å². The molecule has 1 saturated carbocycles. The standard InChI is InChI=1S/C14H12N4O2/c19-11-9-4-1-2-5-10(9)12(20)18(11)14(6-3-7-14)13-15-8-16-17-13/h1-2,4-5,8H,3,6-7H2,(H,15,16,17). The van der Waals surface area contributed by atoms with Gasteiger partial charge in [-0.3, -0.25) is 19.6 Å². The highest BCUT2D eigenvalue weighted by Gasteiger charge is 2.54. The van der Waals surface area contributed by atoms with Crippen molar-refractivity contribution in [1.82, 2.24) is 20.1 Å². The number of imide groups is 1. The zero-order valence-corrected chi connectivity index (χ0v) is 10.7. The van der Waals surface area contributed by atoms with Crippen molar-refractivity contribution in [3.63, 3.8) is 0 Å². The summed E-state index contributed by atoms with van der Waals surface area (Å²) in [7, 11) is 0. The van der Waals surface area contributed by atoms with Gasteiger partial charge in [-0.1, -0.05) is 12.1 Å². The van der Waals surface area contributed by atoms with E-state index in [0.717, 1.165) is 19.3 Å². The Morgan fingerprint density at radius 3 is 2.20 bits per heavy atom. The molecule has 1 aromatic carbocycles. The van der Waals surface area contributed by atoms with E-state index in [0.29, 0.717) is 17.0 Å². The number of aromatic amines is 1. The van der Waals surface area contributed by atoms with E-state index in [1.165, 1.54) is 11.2 Å². The number of benzene rings is 1. The Hall–Kier alpha value is -2.50. The molecule has 0 bridgehead atoms. The molecule has 4 rings (SSSR count). The van der Waals surface area contributed by atoms with Crippen molar-refractivity contribution in [1.29, 1.82) is 0 Å². The van der Waals surface area contributed by atoms with Gasteiger partial charge in [0.25, 0.3) is 11.8 Å². The van der Waals surface area contributed by atoms with Crippen LogP contribution in [-0.4, -0.2) is 31.9 Å². The van der Waals surface area contributed by atoms with Gasteiger partial charge in [-0.15, -0.1) is 0 Å². The summed E-state index contributed by atoms with van der Waals surface area (Å²) in [5.74, 6) is 0.127. The van der Waals surface area contributed by atoms with Crippen molar-refractivity contribution in [2.24, 2.45) is 0 Å². The van der Waals surface area contributed by atoms with Crippen LogP contribution in [0.4, 0.5) is 0 Å². The van der Waals surface area contributed by atoms with Crippen LogP contribution in [0, 0.1) is 0 Å². The molecule has 2 aliphatic rings. The first-order chi connectivity index (χ1) is 9.74. The number of nitrogens with one attached hydrogen (secondary N) is 1. The molecule has 0 radical (unpaired) electrons. The number of nitrogens with zero attached hydrogens (tertiary/aromatic N) is 3. The van der Waals surface area contributed by atoms with E-state index in [9.17, 15) is 9.59 Å². The normalized spacial score (nSPS) is 19.9. The van der Waals surface area contributed by atoms with E-state index in [-0.39, 0.29) is 11.8 Å². The number of aromatic nitrogens is 3. The third-order valence-electron chi connectivity index (χ3n) is 4.26. The van der Waals surface area contributed by atoms with Gasteiger partial charge in [0.05, 0.1) is 11.1 Å². The Balaban J connectivity index is 1.84. The molecule has 1 fully saturated rings. The number of amides is 2. The monoisotopic (exact) mass is 268 g/mol. The van der Waals surface area contributed by atoms with Gasteiger partial charge in [0.2, 0.25) is 0 Å². The third-order valence-corrected chi connectivity index (χ3v) is 4.26. The summed E-state index contributed by atoms with van der Waals surface area (Å²) >= 11 is 0. The zero-order chi connectivity index (χ0) is 13.7. The summed E-state index contributed by atoms with van der Waals surface area (Å²) in [4.78, 5) is 30.7. The van der Waals surface area contributed by atoms with Crippen LogP contribution >= 0.6 is 0 Å². The molecule has 2 amide bonds. The maximum absolute atomic E-state index is 12.6. The average Bonchev–Trinajstić information content (AvgIpc) is 3.02. The topological polar surface area (TPSA) is 79.0 Å². The molecule has 0 spiro atoms. The third kappa shape index (κ3) is 1.23. The van der Waals surface area contributed by atoms with Crippen molar-refractivity contribution in [2.75, 3.05) is 0 Å². The molecule has 20 heavy (non-hydrogen) atoms. The molecule has 6 heteroatoms.